The molecule has 0 aliphatic carbocycles. The maximum absolute atomic E-state index is 12.3. The standard InChI is InChI=1S/C12H10N4O5/c1-5-3-7(21-14-5)4-16-11(17)9-8(6(2)20-15-9)10(13-16)12(18)19/h3H,4H2,1-2H3,(H,18,19). The predicted octanol–water partition coefficient (Wildman–Crippen LogP) is 0.736. The lowest BCUT2D eigenvalue weighted by molar-refractivity contribution is 0.0689. The lowest BCUT2D eigenvalue weighted by atomic mass is 10.2. The topological polar surface area (TPSA) is 124 Å². The fraction of sp³-hybridized carbons (Fsp3) is 0.250. The van der Waals surface area contributed by atoms with Gasteiger partial charge in [-0.15, -0.1) is 0 Å². The molecule has 0 spiro atoms. The Bertz CT molecular complexity index is 904. The van der Waals surface area contributed by atoms with E-state index in [0.717, 1.165) is 4.68 Å². The van der Waals surface area contributed by atoms with Crippen LogP contribution in [0.5, 0.6) is 0 Å². The fourth-order valence-electron chi connectivity index (χ4n) is 2.03. The second-order valence-electron chi connectivity index (χ2n) is 4.51. The Kier molecular flexibility index (Phi) is 2.82. The number of rotatable bonds is 3. The highest BCUT2D eigenvalue weighted by molar-refractivity contribution is 6.00. The number of aromatic nitrogens is 4. The Morgan fingerprint density at radius 1 is 1.33 bits per heavy atom. The largest absolute Gasteiger partial charge is 0.476 e. The van der Waals surface area contributed by atoms with Crippen LogP contribution in [0.4, 0.5) is 0 Å². The zero-order valence-corrected chi connectivity index (χ0v) is 11.2. The monoisotopic (exact) mass is 290 g/mol. The molecule has 3 rings (SSSR count). The summed E-state index contributed by atoms with van der Waals surface area (Å²) in [6.07, 6.45) is 0. The van der Waals surface area contributed by atoms with Crippen LogP contribution in [0.25, 0.3) is 10.9 Å². The van der Waals surface area contributed by atoms with Crippen LogP contribution >= 0.6 is 0 Å². The number of hydrogen-bond donors (Lipinski definition) is 1. The van der Waals surface area contributed by atoms with Gasteiger partial charge in [0, 0.05) is 6.07 Å². The van der Waals surface area contributed by atoms with E-state index in [1.165, 1.54) is 6.92 Å². The SMILES string of the molecule is Cc1cc(Cn2nc(C(=O)O)c3c(C)onc3c2=O)on1. The van der Waals surface area contributed by atoms with Gasteiger partial charge in [-0.2, -0.15) is 5.10 Å². The number of hydrogen-bond acceptors (Lipinski definition) is 7. The van der Waals surface area contributed by atoms with Crippen LogP contribution in [0.1, 0.15) is 27.7 Å². The molecule has 21 heavy (non-hydrogen) atoms. The lowest BCUT2D eigenvalue weighted by Gasteiger charge is -2.03. The summed E-state index contributed by atoms with van der Waals surface area (Å²) in [5, 5.41) is 20.5. The van der Waals surface area contributed by atoms with Gasteiger partial charge >= 0.3 is 5.97 Å². The van der Waals surface area contributed by atoms with E-state index in [0.29, 0.717) is 11.5 Å². The van der Waals surface area contributed by atoms with Crippen LogP contribution in [0.15, 0.2) is 19.9 Å². The van der Waals surface area contributed by atoms with Crippen LogP contribution in [0, 0.1) is 13.8 Å². The van der Waals surface area contributed by atoms with E-state index in [1.54, 1.807) is 13.0 Å². The van der Waals surface area contributed by atoms with Crippen LogP contribution in [-0.4, -0.2) is 31.2 Å². The quantitative estimate of drug-likeness (QED) is 0.748. The average Bonchev–Trinajstić information content (AvgIpc) is 3.00. The summed E-state index contributed by atoms with van der Waals surface area (Å²) in [7, 11) is 0. The molecule has 108 valence electrons. The number of carbonyl (C=O) groups is 1. The maximum atomic E-state index is 12.3. The maximum Gasteiger partial charge on any atom is 0.357 e. The molecular formula is C12H10N4O5. The first kappa shape index (κ1) is 13.0. The average molecular weight is 290 g/mol. The summed E-state index contributed by atoms with van der Waals surface area (Å²) in [5.74, 6) is -0.651. The normalized spacial score (nSPS) is 11.1. The summed E-state index contributed by atoms with van der Waals surface area (Å²) in [6.45, 7) is 3.21. The zero-order chi connectivity index (χ0) is 15.1. The molecule has 3 heterocycles. The van der Waals surface area contributed by atoms with Crippen LogP contribution in [0.3, 0.4) is 0 Å². The lowest BCUT2D eigenvalue weighted by Crippen LogP contribution is -2.26. The second kappa shape index (κ2) is 4.54. The van der Waals surface area contributed by atoms with Crippen molar-refractivity contribution in [3.05, 3.63) is 39.3 Å². The van der Waals surface area contributed by atoms with Crippen LogP contribution in [0.2, 0.25) is 0 Å². The third kappa shape index (κ3) is 2.08. The van der Waals surface area contributed by atoms with Crippen molar-refractivity contribution in [3.63, 3.8) is 0 Å². The Hall–Kier alpha value is -2.97. The number of aromatic carboxylic acids is 1. The molecular weight excluding hydrogens is 280 g/mol. The van der Waals surface area contributed by atoms with Crippen molar-refractivity contribution in [1.29, 1.82) is 0 Å². The molecule has 0 unspecified atom stereocenters. The van der Waals surface area contributed by atoms with Crippen molar-refractivity contribution in [2.45, 2.75) is 20.4 Å². The molecule has 0 atom stereocenters. The van der Waals surface area contributed by atoms with Gasteiger partial charge < -0.3 is 14.2 Å². The van der Waals surface area contributed by atoms with Crippen LogP contribution in [-0.2, 0) is 6.54 Å². The highest BCUT2D eigenvalue weighted by atomic mass is 16.5. The molecule has 0 radical (unpaired) electrons. The highest BCUT2D eigenvalue weighted by Gasteiger charge is 2.22. The molecule has 0 aliphatic heterocycles. The first-order valence-corrected chi connectivity index (χ1v) is 6.00. The van der Waals surface area contributed by atoms with Gasteiger partial charge in [0.05, 0.1) is 11.1 Å². The Morgan fingerprint density at radius 3 is 2.71 bits per heavy atom. The molecule has 0 saturated carbocycles. The third-order valence-electron chi connectivity index (χ3n) is 2.94. The number of nitrogens with zero attached hydrogens (tertiary/aromatic N) is 4. The van der Waals surface area contributed by atoms with Gasteiger partial charge in [0.25, 0.3) is 5.56 Å². The molecule has 0 bridgehead atoms. The Morgan fingerprint density at radius 2 is 2.10 bits per heavy atom. The summed E-state index contributed by atoms with van der Waals surface area (Å²) in [6, 6.07) is 1.63. The highest BCUT2D eigenvalue weighted by Crippen LogP contribution is 2.17. The minimum absolute atomic E-state index is 0.0399. The molecule has 0 aromatic carbocycles. The van der Waals surface area contributed by atoms with E-state index < -0.39 is 11.5 Å². The Labute approximate surface area is 116 Å². The molecule has 1 N–H and O–H groups in total. The smallest absolute Gasteiger partial charge is 0.357 e. The molecule has 3 aromatic heterocycles. The van der Waals surface area contributed by atoms with E-state index in [2.05, 4.69) is 15.4 Å². The summed E-state index contributed by atoms with van der Waals surface area (Å²) >= 11 is 0. The van der Waals surface area contributed by atoms with Crippen molar-refractivity contribution in [3.8, 4) is 0 Å². The summed E-state index contributed by atoms with van der Waals surface area (Å²) < 4.78 is 10.9. The summed E-state index contributed by atoms with van der Waals surface area (Å²) in [4.78, 5) is 23.6. The number of aryl methyl sites for hydroxylation is 2. The van der Waals surface area contributed by atoms with Crippen molar-refractivity contribution in [2.75, 3.05) is 0 Å². The second-order valence-corrected chi connectivity index (χ2v) is 4.51. The van der Waals surface area contributed by atoms with Gasteiger partial charge in [-0.1, -0.05) is 10.3 Å². The summed E-state index contributed by atoms with van der Waals surface area (Å²) in [5.41, 5.74) is -0.272. The van der Waals surface area contributed by atoms with Crippen molar-refractivity contribution < 1.29 is 18.9 Å². The van der Waals surface area contributed by atoms with Gasteiger partial charge in [-0.25, -0.2) is 9.48 Å². The zero-order valence-electron chi connectivity index (χ0n) is 11.2. The number of carboxylic acid groups (broad SMARTS) is 1. The minimum atomic E-state index is -1.27. The van der Waals surface area contributed by atoms with E-state index in [1.807, 2.05) is 0 Å². The fourth-order valence-corrected chi connectivity index (χ4v) is 2.03. The molecule has 0 amide bonds. The first-order valence-electron chi connectivity index (χ1n) is 6.00. The predicted molar refractivity (Wildman–Crippen MR) is 68.1 cm³/mol. The molecule has 0 saturated heterocycles. The Balaban J connectivity index is 2.21. The third-order valence-corrected chi connectivity index (χ3v) is 2.94. The number of fused-ring (bicyclic) bond motifs is 1. The van der Waals surface area contributed by atoms with E-state index in [9.17, 15) is 14.7 Å². The molecule has 9 nitrogen and oxygen atoms in total. The molecule has 0 aliphatic rings. The van der Waals surface area contributed by atoms with E-state index in [-0.39, 0.29) is 28.9 Å². The van der Waals surface area contributed by atoms with Gasteiger partial charge in [0.15, 0.2) is 17.0 Å². The van der Waals surface area contributed by atoms with Gasteiger partial charge in [0.1, 0.15) is 12.3 Å². The molecule has 3 aromatic rings. The van der Waals surface area contributed by atoms with Crippen LogP contribution < -0.4 is 5.56 Å². The van der Waals surface area contributed by atoms with Crippen molar-refractivity contribution in [1.82, 2.24) is 20.1 Å². The number of carboxylic acids is 1. The minimum Gasteiger partial charge on any atom is -0.476 e. The molecule has 0 fully saturated rings. The van der Waals surface area contributed by atoms with Gasteiger partial charge in [0.2, 0.25) is 0 Å². The van der Waals surface area contributed by atoms with Crippen molar-refractivity contribution >= 4 is 16.9 Å². The van der Waals surface area contributed by atoms with E-state index in [4.69, 9.17) is 9.05 Å². The van der Waals surface area contributed by atoms with Crippen molar-refractivity contribution in [2.24, 2.45) is 0 Å². The van der Waals surface area contributed by atoms with Gasteiger partial charge in [-0.05, 0) is 13.8 Å². The molecule has 9 heteroatoms. The first-order chi connectivity index (χ1) is 9.97. The van der Waals surface area contributed by atoms with Gasteiger partial charge in [-0.3, -0.25) is 4.79 Å². The van der Waals surface area contributed by atoms with E-state index >= 15 is 0 Å².